The molecule has 0 saturated carbocycles. The number of benzene rings is 1. The van der Waals surface area contributed by atoms with E-state index in [1.54, 1.807) is 39.2 Å². The van der Waals surface area contributed by atoms with Crippen molar-refractivity contribution in [2.45, 2.75) is 13.0 Å². The van der Waals surface area contributed by atoms with Gasteiger partial charge in [-0.15, -0.1) is 0 Å². The van der Waals surface area contributed by atoms with Crippen molar-refractivity contribution in [2.24, 2.45) is 0 Å². The first-order valence-corrected chi connectivity index (χ1v) is 5.60. The number of ether oxygens (including phenoxy) is 1. The minimum atomic E-state index is -0.500. The van der Waals surface area contributed by atoms with E-state index in [1.165, 1.54) is 4.90 Å². The topological polar surface area (TPSA) is 70.7 Å². The lowest BCUT2D eigenvalue weighted by Gasteiger charge is -2.25. The van der Waals surface area contributed by atoms with Crippen LogP contribution in [0.15, 0.2) is 18.2 Å². The van der Waals surface area contributed by atoms with Gasteiger partial charge in [0.15, 0.2) is 6.10 Å². The lowest BCUT2D eigenvalue weighted by Crippen LogP contribution is -2.36. The largest absolute Gasteiger partial charge is 0.479 e. The first-order chi connectivity index (χ1) is 8.52. The molecule has 0 bridgehead atoms. The summed E-state index contributed by atoms with van der Waals surface area (Å²) in [5, 5.41) is 5.27. The molecule has 2 N–H and O–H groups in total. The third-order valence-corrected chi connectivity index (χ3v) is 2.80. The zero-order chi connectivity index (χ0) is 13.3. The average molecular weight is 249 g/mol. The van der Waals surface area contributed by atoms with Gasteiger partial charge >= 0.3 is 6.03 Å². The summed E-state index contributed by atoms with van der Waals surface area (Å²) in [6.45, 7) is 1.68. The number of nitrogens with one attached hydrogen (secondary N) is 2. The highest BCUT2D eigenvalue weighted by molar-refractivity contribution is 5.99. The molecule has 0 radical (unpaired) electrons. The summed E-state index contributed by atoms with van der Waals surface area (Å²) in [6.07, 6.45) is -0.500. The van der Waals surface area contributed by atoms with Gasteiger partial charge in [-0.1, -0.05) is 0 Å². The highest BCUT2D eigenvalue weighted by Gasteiger charge is 2.24. The zero-order valence-electron chi connectivity index (χ0n) is 10.5. The monoisotopic (exact) mass is 249 g/mol. The highest BCUT2D eigenvalue weighted by atomic mass is 16.5. The Labute approximate surface area is 105 Å². The summed E-state index contributed by atoms with van der Waals surface area (Å²) < 4.78 is 5.43. The summed E-state index contributed by atoms with van der Waals surface area (Å²) in [6, 6.07) is 4.97. The fourth-order valence-electron chi connectivity index (χ4n) is 1.69. The molecule has 1 aromatic rings. The summed E-state index contributed by atoms with van der Waals surface area (Å²) in [7, 11) is 3.21. The van der Waals surface area contributed by atoms with Gasteiger partial charge < -0.3 is 15.4 Å². The molecule has 0 aliphatic carbocycles. The van der Waals surface area contributed by atoms with Crippen LogP contribution in [-0.2, 0) is 4.79 Å². The zero-order valence-corrected chi connectivity index (χ0v) is 10.5. The molecule has 1 heterocycles. The standard InChI is InChI=1S/C12H15N3O3/c1-7-11(16)14-9-6-8(4-5-10(9)18-7)15(3)12(17)13-2/h4-7H,1-3H3,(H,13,17)(H,14,16). The number of urea groups is 1. The van der Waals surface area contributed by atoms with E-state index in [2.05, 4.69) is 10.6 Å². The second kappa shape index (κ2) is 4.56. The van der Waals surface area contributed by atoms with Crippen LogP contribution in [-0.4, -0.2) is 32.1 Å². The molecular weight excluding hydrogens is 234 g/mol. The van der Waals surface area contributed by atoms with Gasteiger partial charge in [0.2, 0.25) is 0 Å². The van der Waals surface area contributed by atoms with Gasteiger partial charge in [-0.3, -0.25) is 9.69 Å². The Morgan fingerprint density at radius 2 is 2.22 bits per heavy atom. The van der Waals surface area contributed by atoms with Crippen molar-refractivity contribution in [3.8, 4) is 5.75 Å². The van der Waals surface area contributed by atoms with Crippen LogP contribution in [0.3, 0.4) is 0 Å². The number of amides is 3. The van der Waals surface area contributed by atoms with Crippen molar-refractivity contribution in [3.63, 3.8) is 0 Å². The molecule has 18 heavy (non-hydrogen) atoms. The Hall–Kier alpha value is -2.24. The molecule has 1 unspecified atom stereocenters. The predicted molar refractivity (Wildman–Crippen MR) is 68.0 cm³/mol. The van der Waals surface area contributed by atoms with Crippen LogP contribution in [0.5, 0.6) is 5.75 Å². The molecule has 0 saturated heterocycles. The van der Waals surface area contributed by atoms with Crippen LogP contribution in [0.1, 0.15) is 6.92 Å². The van der Waals surface area contributed by atoms with E-state index >= 15 is 0 Å². The Bertz CT molecular complexity index is 501. The van der Waals surface area contributed by atoms with Crippen LogP contribution < -0.4 is 20.3 Å². The molecule has 1 atom stereocenters. The molecule has 96 valence electrons. The minimum Gasteiger partial charge on any atom is -0.479 e. The number of anilines is 2. The lowest BCUT2D eigenvalue weighted by molar-refractivity contribution is -0.122. The van der Waals surface area contributed by atoms with Crippen LogP contribution in [0.4, 0.5) is 16.2 Å². The van der Waals surface area contributed by atoms with Crippen molar-refractivity contribution in [2.75, 3.05) is 24.3 Å². The molecule has 6 nitrogen and oxygen atoms in total. The van der Waals surface area contributed by atoms with E-state index in [9.17, 15) is 9.59 Å². The summed E-state index contributed by atoms with van der Waals surface area (Å²) in [5.41, 5.74) is 1.25. The van der Waals surface area contributed by atoms with Gasteiger partial charge in [-0.25, -0.2) is 4.79 Å². The predicted octanol–water partition coefficient (Wildman–Crippen LogP) is 1.18. The van der Waals surface area contributed by atoms with Gasteiger partial charge in [0.1, 0.15) is 5.75 Å². The smallest absolute Gasteiger partial charge is 0.321 e. The Morgan fingerprint density at radius 3 is 2.89 bits per heavy atom. The third-order valence-electron chi connectivity index (χ3n) is 2.80. The first kappa shape index (κ1) is 12.2. The molecule has 6 heteroatoms. The van der Waals surface area contributed by atoms with Crippen molar-refractivity contribution in [1.29, 1.82) is 0 Å². The second-order valence-electron chi connectivity index (χ2n) is 4.04. The Morgan fingerprint density at radius 1 is 1.50 bits per heavy atom. The fraction of sp³-hybridized carbons (Fsp3) is 0.333. The van der Waals surface area contributed by atoms with Crippen LogP contribution in [0, 0.1) is 0 Å². The maximum absolute atomic E-state index is 11.5. The number of nitrogens with zero attached hydrogens (tertiary/aromatic N) is 1. The lowest BCUT2D eigenvalue weighted by atomic mass is 10.2. The molecule has 0 aromatic heterocycles. The third kappa shape index (κ3) is 2.09. The number of hydrogen-bond donors (Lipinski definition) is 2. The van der Waals surface area contributed by atoms with Crippen LogP contribution >= 0.6 is 0 Å². The van der Waals surface area contributed by atoms with Gasteiger partial charge in [0, 0.05) is 19.8 Å². The fourth-order valence-corrected chi connectivity index (χ4v) is 1.69. The van der Waals surface area contributed by atoms with E-state index in [0.717, 1.165) is 0 Å². The van der Waals surface area contributed by atoms with Gasteiger partial charge in [-0.05, 0) is 25.1 Å². The summed E-state index contributed by atoms with van der Waals surface area (Å²) in [4.78, 5) is 24.4. The quantitative estimate of drug-likeness (QED) is 0.785. The van der Waals surface area contributed by atoms with Crippen LogP contribution in [0.25, 0.3) is 0 Å². The van der Waals surface area contributed by atoms with E-state index in [-0.39, 0.29) is 11.9 Å². The molecule has 1 aromatic carbocycles. The first-order valence-electron chi connectivity index (χ1n) is 5.60. The molecule has 2 rings (SSSR count). The van der Waals surface area contributed by atoms with E-state index < -0.39 is 6.10 Å². The molecule has 0 fully saturated rings. The summed E-state index contributed by atoms with van der Waals surface area (Å²) >= 11 is 0. The number of carbonyl (C=O) groups is 2. The van der Waals surface area contributed by atoms with Gasteiger partial charge in [0.05, 0.1) is 5.69 Å². The van der Waals surface area contributed by atoms with Gasteiger partial charge in [0.25, 0.3) is 5.91 Å². The van der Waals surface area contributed by atoms with E-state index in [4.69, 9.17) is 4.74 Å². The molecule has 0 spiro atoms. The molecule has 1 aliphatic rings. The second-order valence-corrected chi connectivity index (χ2v) is 4.04. The van der Waals surface area contributed by atoms with E-state index in [1.807, 2.05) is 0 Å². The van der Waals surface area contributed by atoms with Crippen molar-refractivity contribution < 1.29 is 14.3 Å². The van der Waals surface area contributed by atoms with Crippen LogP contribution in [0.2, 0.25) is 0 Å². The number of fused-ring (bicyclic) bond motifs is 1. The SMILES string of the molecule is CNC(=O)N(C)c1ccc2c(c1)NC(=O)C(C)O2. The highest BCUT2D eigenvalue weighted by Crippen LogP contribution is 2.33. The number of hydrogen-bond acceptors (Lipinski definition) is 3. The maximum atomic E-state index is 11.5. The van der Waals surface area contributed by atoms with Gasteiger partial charge in [-0.2, -0.15) is 0 Å². The Balaban J connectivity index is 2.30. The molecule has 1 aliphatic heterocycles. The summed E-state index contributed by atoms with van der Waals surface area (Å²) in [5.74, 6) is 0.415. The van der Waals surface area contributed by atoms with E-state index in [0.29, 0.717) is 17.1 Å². The number of carbonyl (C=O) groups excluding carboxylic acids is 2. The average Bonchev–Trinajstić information content (AvgIpc) is 2.37. The minimum absolute atomic E-state index is 0.192. The normalized spacial score (nSPS) is 17.3. The maximum Gasteiger partial charge on any atom is 0.321 e. The molecule has 3 amide bonds. The van der Waals surface area contributed by atoms with Crippen molar-refractivity contribution in [3.05, 3.63) is 18.2 Å². The molecular formula is C12H15N3O3. The van der Waals surface area contributed by atoms with Crippen molar-refractivity contribution in [1.82, 2.24) is 5.32 Å². The van der Waals surface area contributed by atoms with Crippen molar-refractivity contribution >= 4 is 23.3 Å². The Kier molecular flexibility index (Phi) is 3.10. The number of rotatable bonds is 1.